The lowest BCUT2D eigenvalue weighted by molar-refractivity contribution is -0.147. The summed E-state index contributed by atoms with van der Waals surface area (Å²) in [6.07, 6.45) is 12.6. The number of piperazine rings is 1. The molecule has 3 rings (SSSR count). The first-order chi connectivity index (χ1) is 19.6. The van der Waals surface area contributed by atoms with Crippen molar-refractivity contribution >= 4 is 17.8 Å². The first-order valence-corrected chi connectivity index (χ1v) is 15.1. The highest BCUT2D eigenvalue weighted by Crippen LogP contribution is 2.23. The van der Waals surface area contributed by atoms with E-state index in [0.29, 0.717) is 44.0 Å². The van der Waals surface area contributed by atoms with Crippen LogP contribution in [0.4, 0.5) is 0 Å². The number of ether oxygens (including phenoxy) is 2. The fourth-order valence-corrected chi connectivity index (χ4v) is 5.00. The van der Waals surface area contributed by atoms with E-state index in [4.69, 9.17) is 9.47 Å². The lowest BCUT2D eigenvalue weighted by Crippen LogP contribution is -2.57. The summed E-state index contributed by atoms with van der Waals surface area (Å²) in [6, 6.07) is 16.2. The number of nitrogens with zero attached hydrogens (tertiary/aromatic N) is 1. The molecule has 2 amide bonds. The lowest BCUT2D eigenvalue weighted by Gasteiger charge is -2.34. The van der Waals surface area contributed by atoms with Gasteiger partial charge in [0.05, 0.1) is 25.2 Å². The number of benzene rings is 2. The number of carbonyl (C=O) groups excluding carboxylic acids is 3. The highest BCUT2D eigenvalue weighted by Gasteiger charge is 2.36. The molecule has 1 atom stereocenters. The number of nitrogens with one attached hydrogen (secondary N) is 1. The van der Waals surface area contributed by atoms with Gasteiger partial charge in [0.15, 0.2) is 0 Å². The summed E-state index contributed by atoms with van der Waals surface area (Å²) < 4.78 is 11.4. The molecule has 1 saturated heterocycles. The van der Waals surface area contributed by atoms with Crippen LogP contribution in [-0.4, -0.2) is 55.0 Å². The third-order valence-electron chi connectivity index (χ3n) is 7.32. The van der Waals surface area contributed by atoms with Gasteiger partial charge < -0.3 is 19.7 Å². The van der Waals surface area contributed by atoms with E-state index in [1.807, 2.05) is 36.4 Å². The van der Waals surface area contributed by atoms with Crippen LogP contribution in [0.15, 0.2) is 54.6 Å². The summed E-state index contributed by atoms with van der Waals surface area (Å²) >= 11 is 0. The van der Waals surface area contributed by atoms with E-state index < -0.39 is 12.0 Å². The molecule has 1 unspecified atom stereocenters. The normalized spacial score (nSPS) is 15.0. The van der Waals surface area contributed by atoms with Gasteiger partial charge in [-0.1, -0.05) is 107 Å². The average molecular weight is 551 g/mol. The Kier molecular flexibility index (Phi) is 14.1. The second-order valence-corrected chi connectivity index (χ2v) is 10.5. The van der Waals surface area contributed by atoms with E-state index in [0.717, 1.165) is 24.8 Å². The highest BCUT2D eigenvalue weighted by molar-refractivity contribution is 6.01. The van der Waals surface area contributed by atoms with E-state index in [-0.39, 0.29) is 18.2 Å². The van der Waals surface area contributed by atoms with Crippen LogP contribution in [0.25, 0.3) is 0 Å². The van der Waals surface area contributed by atoms with Crippen molar-refractivity contribution in [2.45, 2.75) is 90.0 Å². The van der Waals surface area contributed by atoms with Crippen LogP contribution in [0.2, 0.25) is 0 Å². The minimum absolute atomic E-state index is 0.160. The zero-order chi connectivity index (χ0) is 28.4. The molecule has 7 nitrogen and oxygen atoms in total. The van der Waals surface area contributed by atoms with E-state index in [2.05, 4.69) is 12.2 Å². The van der Waals surface area contributed by atoms with Crippen molar-refractivity contribution in [1.82, 2.24) is 10.2 Å². The van der Waals surface area contributed by atoms with Crippen LogP contribution >= 0.6 is 0 Å². The second kappa shape index (κ2) is 18.1. The van der Waals surface area contributed by atoms with Gasteiger partial charge in [0.1, 0.15) is 11.8 Å². The Hall–Kier alpha value is -3.35. The number of carbonyl (C=O) groups is 3. The highest BCUT2D eigenvalue weighted by atomic mass is 16.5. The van der Waals surface area contributed by atoms with Crippen LogP contribution in [0.3, 0.4) is 0 Å². The molecule has 1 aliphatic rings. The van der Waals surface area contributed by atoms with Gasteiger partial charge in [-0.05, 0) is 24.1 Å². The fraction of sp³-hybridized carbons (Fsp3) is 0.545. The number of para-hydroxylation sites is 1. The molecule has 0 aliphatic carbocycles. The zero-order valence-corrected chi connectivity index (χ0v) is 24.1. The van der Waals surface area contributed by atoms with Crippen molar-refractivity contribution in [2.24, 2.45) is 0 Å². The van der Waals surface area contributed by atoms with Gasteiger partial charge >= 0.3 is 5.97 Å². The van der Waals surface area contributed by atoms with Crippen LogP contribution in [0.1, 0.15) is 93.5 Å². The SMILES string of the molecule is CCCCCCCCCCCCOC(=O)CC1C(=O)NCCN1C(=O)c1ccccc1OCCc1ccccc1. The minimum Gasteiger partial charge on any atom is -0.492 e. The Labute approximate surface area is 239 Å². The molecule has 1 aliphatic heterocycles. The maximum absolute atomic E-state index is 13.6. The van der Waals surface area contributed by atoms with Gasteiger partial charge in [0, 0.05) is 19.5 Å². The summed E-state index contributed by atoms with van der Waals surface area (Å²) in [4.78, 5) is 40.3. The summed E-state index contributed by atoms with van der Waals surface area (Å²) in [5, 5.41) is 2.78. The summed E-state index contributed by atoms with van der Waals surface area (Å²) in [6.45, 7) is 3.65. The molecule has 0 spiro atoms. The van der Waals surface area contributed by atoms with Gasteiger partial charge in [-0.3, -0.25) is 14.4 Å². The Balaban J connectivity index is 1.44. The molecule has 0 bridgehead atoms. The number of esters is 1. The van der Waals surface area contributed by atoms with E-state index in [1.165, 1.54) is 49.8 Å². The number of amides is 2. The maximum atomic E-state index is 13.6. The van der Waals surface area contributed by atoms with Crippen molar-refractivity contribution in [3.63, 3.8) is 0 Å². The predicted octanol–water partition coefficient (Wildman–Crippen LogP) is 6.10. The Morgan fingerprint density at radius 3 is 2.23 bits per heavy atom. The first kappa shape index (κ1) is 31.2. The topological polar surface area (TPSA) is 84.9 Å². The molecule has 0 radical (unpaired) electrons. The predicted molar refractivity (Wildman–Crippen MR) is 157 cm³/mol. The monoisotopic (exact) mass is 550 g/mol. The molecular weight excluding hydrogens is 504 g/mol. The average Bonchev–Trinajstić information content (AvgIpc) is 2.97. The first-order valence-electron chi connectivity index (χ1n) is 15.1. The Bertz CT molecular complexity index is 1040. The smallest absolute Gasteiger partial charge is 0.308 e. The van der Waals surface area contributed by atoms with Gasteiger partial charge in [0.25, 0.3) is 5.91 Å². The molecule has 0 saturated carbocycles. The molecule has 2 aromatic rings. The zero-order valence-electron chi connectivity index (χ0n) is 24.1. The van der Waals surface area contributed by atoms with Crippen LogP contribution in [-0.2, 0) is 20.7 Å². The van der Waals surface area contributed by atoms with E-state index in [9.17, 15) is 14.4 Å². The number of rotatable bonds is 18. The lowest BCUT2D eigenvalue weighted by atomic mass is 10.1. The maximum Gasteiger partial charge on any atom is 0.308 e. The van der Waals surface area contributed by atoms with Gasteiger partial charge in [-0.15, -0.1) is 0 Å². The largest absolute Gasteiger partial charge is 0.492 e. The summed E-state index contributed by atoms with van der Waals surface area (Å²) in [7, 11) is 0. The van der Waals surface area contributed by atoms with Crippen LogP contribution < -0.4 is 10.1 Å². The Morgan fingerprint density at radius 1 is 0.850 bits per heavy atom. The molecule has 1 fully saturated rings. The number of unbranched alkanes of at least 4 members (excludes halogenated alkanes) is 9. The number of hydrogen-bond donors (Lipinski definition) is 1. The molecule has 1 heterocycles. The Morgan fingerprint density at radius 2 is 1.50 bits per heavy atom. The minimum atomic E-state index is -0.904. The van der Waals surface area contributed by atoms with E-state index in [1.54, 1.807) is 18.2 Å². The molecular formula is C33H46N2O5. The molecule has 0 aromatic heterocycles. The van der Waals surface area contributed by atoms with Gasteiger partial charge in [-0.25, -0.2) is 0 Å². The summed E-state index contributed by atoms with van der Waals surface area (Å²) in [5.41, 5.74) is 1.53. The quantitative estimate of drug-likeness (QED) is 0.179. The van der Waals surface area contributed by atoms with Crippen molar-refractivity contribution in [3.05, 3.63) is 65.7 Å². The summed E-state index contributed by atoms with van der Waals surface area (Å²) in [5.74, 6) is -0.643. The molecule has 1 N–H and O–H groups in total. The molecule has 2 aromatic carbocycles. The molecule has 7 heteroatoms. The van der Waals surface area contributed by atoms with Crippen LogP contribution in [0.5, 0.6) is 5.75 Å². The third kappa shape index (κ3) is 10.7. The van der Waals surface area contributed by atoms with Gasteiger partial charge in [0.2, 0.25) is 5.91 Å². The molecule has 218 valence electrons. The second-order valence-electron chi connectivity index (χ2n) is 10.5. The van der Waals surface area contributed by atoms with Crippen molar-refractivity contribution in [3.8, 4) is 5.75 Å². The van der Waals surface area contributed by atoms with E-state index >= 15 is 0 Å². The van der Waals surface area contributed by atoms with Crippen molar-refractivity contribution in [1.29, 1.82) is 0 Å². The standard InChI is InChI=1S/C33H46N2O5/c1-2-3-4-5-6-7-8-9-10-16-24-40-31(36)26-29-32(37)34-22-23-35(29)33(38)28-19-14-15-20-30(28)39-25-21-27-17-12-11-13-18-27/h11-15,17-20,29H,2-10,16,21-26H2,1H3,(H,34,37). The molecule has 40 heavy (non-hydrogen) atoms. The van der Waals surface area contributed by atoms with Crippen molar-refractivity contribution < 1.29 is 23.9 Å². The third-order valence-corrected chi connectivity index (χ3v) is 7.32. The van der Waals surface area contributed by atoms with Gasteiger partial charge in [-0.2, -0.15) is 0 Å². The van der Waals surface area contributed by atoms with Crippen molar-refractivity contribution in [2.75, 3.05) is 26.3 Å². The van der Waals surface area contributed by atoms with Crippen LogP contribution in [0, 0.1) is 0 Å². The fourth-order valence-electron chi connectivity index (χ4n) is 5.00. The number of hydrogen-bond acceptors (Lipinski definition) is 5.